The van der Waals surface area contributed by atoms with Gasteiger partial charge in [0.25, 0.3) is 0 Å². The Labute approximate surface area is 388 Å². The number of aliphatic imine (C=N–C) groups is 1. The Bertz CT molecular complexity index is 1700. The van der Waals surface area contributed by atoms with Crippen LogP contribution in [0.15, 0.2) is 88.6 Å². The van der Waals surface area contributed by atoms with E-state index in [0.717, 1.165) is 96.6 Å². The number of anilines is 1. The van der Waals surface area contributed by atoms with E-state index in [-0.39, 0.29) is 12.0 Å². The molecule has 1 N–H and O–H groups in total. The maximum absolute atomic E-state index is 14.6. The summed E-state index contributed by atoms with van der Waals surface area (Å²) in [4.78, 5) is 31.7. The average Bonchev–Trinajstić information content (AvgIpc) is 3.45. The molecule has 0 saturated heterocycles. The third-order valence-corrected chi connectivity index (χ3v) is 11.8. The van der Waals surface area contributed by atoms with Gasteiger partial charge in [0.2, 0.25) is 5.91 Å². The van der Waals surface area contributed by atoms with Crippen molar-refractivity contribution in [2.75, 3.05) is 4.90 Å². The molecule has 0 radical (unpaired) electrons. The summed E-state index contributed by atoms with van der Waals surface area (Å²) in [6, 6.07) is 6.77. The quantitative estimate of drug-likeness (QED) is 0.0717. The summed E-state index contributed by atoms with van der Waals surface area (Å²) in [5.74, 6) is 1.98. The van der Waals surface area contributed by atoms with Gasteiger partial charge in [-0.25, -0.2) is 4.39 Å². The van der Waals surface area contributed by atoms with E-state index in [0.29, 0.717) is 23.3 Å². The normalized spacial score (nSPS) is 17.7. The van der Waals surface area contributed by atoms with Crippen molar-refractivity contribution in [3.63, 3.8) is 0 Å². The van der Waals surface area contributed by atoms with Gasteiger partial charge in [-0.05, 0) is 132 Å². The number of carbonyl (C=O) groups is 2. The molecule has 1 amide bonds. The summed E-state index contributed by atoms with van der Waals surface area (Å²) in [6.07, 6.45) is 23.9. The van der Waals surface area contributed by atoms with E-state index in [1.165, 1.54) is 56.6 Å². The number of hydrogen-bond acceptors (Lipinski definition) is 4. The number of fused-ring (bicyclic) bond motifs is 1. The first-order chi connectivity index (χ1) is 29.8. The van der Waals surface area contributed by atoms with Crippen LogP contribution in [0.3, 0.4) is 0 Å². The van der Waals surface area contributed by atoms with Gasteiger partial charge in [0.1, 0.15) is 11.6 Å². The summed E-state index contributed by atoms with van der Waals surface area (Å²) in [7, 11) is 0. The summed E-state index contributed by atoms with van der Waals surface area (Å²) in [5.41, 5.74) is 7.36. The number of allylic oxidation sites excluding steroid dienone is 8. The van der Waals surface area contributed by atoms with Crippen LogP contribution in [0.4, 0.5) is 10.1 Å². The van der Waals surface area contributed by atoms with Gasteiger partial charge < -0.3 is 10.2 Å². The van der Waals surface area contributed by atoms with E-state index in [1.807, 2.05) is 60.8 Å². The van der Waals surface area contributed by atoms with E-state index in [2.05, 4.69) is 97.0 Å². The molecule has 2 aliphatic rings. The SMILES string of the molecule is C=C/C(F)=C(\C=C(C)C)N/C(C)=C(C)/C(=C\C(=C)c1ccc2c(c1)N(C1CC(CCC)C1)C(=O)C2(CCC)CCC)N=CCC.CC(C)C.CCC(C)C(C)=O.CCCCCCC. The lowest BCUT2D eigenvalue weighted by atomic mass is 9.73. The van der Waals surface area contributed by atoms with Crippen LogP contribution in [-0.4, -0.2) is 23.9 Å². The highest BCUT2D eigenvalue weighted by molar-refractivity contribution is 6.09. The molecule has 0 aromatic heterocycles. The van der Waals surface area contributed by atoms with Crippen LogP contribution in [0.25, 0.3) is 5.57 Å². The number of hydrogen-bond donors (Lipinski definition) is 1. The molecule has 1 aliphatic carbocycles. The van der Waals surface area contributed by atoms with Gasteiger partial charge in [0, 0.05) is 29.6 Å². The number of ketones is 1. The van der Waals surface area contributed by atoms with Crippen LogP contribution < -0.4 is 10.2 Å². The fraction of sp³-hybridized carbons (Fsp3) is 0.632. The highest BCUT2D eigenvalue weighted by Gasteiger charge is 2.53. The predicted molar refractivity (Wildman–Crippen MR) is 277 cm³/mol. The first-order valence-corrected chi connectivity index (χ1v) is 24.8. The lowest BCUT2D eigenvalue weighted by Crippen LogP contribution is -2.50. The number of halogens is 1. The number of Topliss-reactive ketones (excluding diaryl/α,β-unsaturated/α-hetero) is 1. The van der Waals surface area contributed by atoms with Crippen LogP contribution in [0.2, 0.25) is 0 Å². The highest BCUT2D eigenvalue weighted by Crippen LogP contribution is 2.52. The molecule has 6 heteroatoms. The van der Waals surface area contributed by atoms with E-state index in [1.54, 1.807) is 13.0 Å². The smallest absolute Gasteiger partial charge is 0.237 e. The second-order valence-electron chi connectivity index (χ2n) is 18.8. The zero-order chi connectivity index (χ0) is 48.3. The van der Waals surface area contributed by atoms with Crippen LogP contribution >= 0.6 is 0 Å². The second-order valence-corrected chi connectivity index (χ2v) is 18.8. The monoisotopic (exact) mass is 872 g/mol. The third-order valence-electron chi connectivity index (χ3n) is 11.8. The molecular formula is C57H94FN3O2. The summed E-state index contributed by atoms with van der Waals surface area (Å²) in [5, 5.41) is 3.23. The molecule has 1 saturated carbocycles. The lowest BCUT2D eigenvalue weighted by Gasteiger charge is -2.42. The first-order valence-electron chi connectivity index (χ1n) is 24.8. The van der Waals surface area contributed by atoms with Gasteiger partial charge in [0.15, 0.2) is 0 Å². The molecule has 5 nitrogen and oxygen atoms in total. The Kier molecular flexibility index (Phi) is 30.0. The minimum Gasteiger partial charge on any atom is -0.356 e. The van der Waals surface area contributed by atoms with Gasteiger partial charge in [-0.3, -0.25) is 14.6 Å². The van der Waals surface area contributed by atoms with Gasteiger partial charge in [0.05, 0.1) is 16.8 Å². The minimum atomic E-state index is -0.444. The number of benzene rings is 1. The number of amides is 1. The molecule has 1 heterocycles. The van der Waals surface area contributed by atoms with Gasteiger partial charge in [-0.2, -0.15) is 0 Å². The van der Waals surface area contributed by atoms with Crippen molar-refractivity contribution in [3.05, 3.63) is 94.8 Å². The fourth-order valence-corrected chi connectivity index (χ4v) is 7.87. The Balaban J connectivity index is 0.00000178. The molecule has 1 aromatic rings. The van der Waals surface area contributed by atoms with Gasteiger partial charge in [-0.15, -0.1) is 0 Å². The van der Waals surface area contributed by atoms with Crippen molar-refractivity contribution in [1.82, 2.24) is 5.32 Å². The maximum atomic E-state index is 14.6. The van der Waals surface area contributed by atoms with Crippen molar-refractivity contribution in [2.24, 2.45) is 22.7 Å². The Morgan fingerprint density at radius 3 is 1.89 bits per heavy atom. The number of unbranched alkanes of at least 4 members (excludes halogenated alkanes) is 4. The Hall–Kier alpha value is -3.80. The van der Waals surface area contributed by atoms with Crippen LogP contribution in [0.5, 0.6) is 0 Å². The first kappa shape index (κ1) is 59.2. The summed E-state index contributed by atoms with van der Waals surface area (Å²) in [6.45, 7) is 41.1. The number of carbonyl (C=O) groups excluding carboxylic acids is 2. The van der Waals surface area contributed by atoms with Crippen LogP contribution in [0, 0.1) is 17.8 Å². The molecule has 3 rings (SSSR count). The third kappa shape index (κ3) is 19.9. The molecule has 0 bridgehead atoms. The molecular weight excluding hydrogens is 778 g/mol. The standard InChI is InChI=1S/C40H56FN3O.C7H16.C6H12O.C4H10/c1-11-16-31-24-33(25-31)44-38-26-32(17-18-34(38)40(19-12-2,20-13-3)39(44)45)28(8)23-36(42-21-14-4)29(9)30(10)43-37(22-27(6)7)35(41)15-5;1-3-5-7-6-4-2;1-4-5(2)6(3)7;1-4(2)3/h15,17-18,21-23,26,31,33,43H,5,8,11-14,16,19-20,24-25H2,1-4,6-7,9-10H3;3-7H2,1-2H3;5H,4H2,1-3H3;4H,1-3H3/b30-29+,36-23+,37-35-,42-21?;;;. The maximum Gasteiger partial charge on any atom is 0.237 e. The molecule has 1 aromatic carbocycles. The van der Waals surface area contributed by atoms with Gasteiger partial charge >= 0.3 is 0 Å². The topological polar surface area (TPSA) is 61.8 Å². The van der Waals surface area contributed by atoms with E-state index < -0.39 is 11.2 Å². The fourth-order valence-electron chi connectivity index (χ4n) is 7.87. The zero-order valence-corrected chi connectivity index (χ0v) is 43.5. The Morgan fingerprint density at radius 2 is 1.46 bits per heavy atom. The second kappa shape index (κ2) is 32.0. The number of rotatable bonds is 22. The van der Waals surface area contributed by atoms with Crippen LogP contribution in [-0.2, 0) is 15.0 Å². The van der Waals surface area contributed by atoms with Crippen molar-refractivity contribution in [1.29, 1.82) is 0 Å². The van der Waals surface area contributed by atoms with Gasteiger partial charge in [-0.1, -0.05) is 165 Å². The minimum absolute atomic E-state index is 0.264. The average molecular weight is 872 g/mol. The molecule has 1 atom stereocenters. The molecule has 1 unspecified atom stereocenters. The largest absolute Gasteiger partial charge is 0.356 e. The molecule has 1 fully saturated rings. The lowest BCUT2D eigenvalue weighted by molar-refractivity contribution is -0.125. The molecule has 0 spiro atoms. The number of nitrogens with one attached hydrogen (secondary N) is 1. The van der Waals surface area contributed by atoms with Crippen molar-refractivity contribution in [2.45, 2.75) is 219 Å². The summed E-state index contributed by atoms with van der Waals surface area (Å²) < 4.78 is 14.6. The van der Waals surface area contributed by atoms with Crippen molar-refractivity contribution in [3.8, 4) is 0 Å². The molecule has 356 valence electrons. The van der Waals surface area contributed by atoms with E-state index in [9.17, 15) is 14.0 Å². The molecule has 1 aliphatic heterocycles. The van der Waals surface area contributed by atoms with Crippen molar-refractivity contribution < 1.29 is 14.0 Å². The predicted octanol–water partition coefficient (Wildman–Crippen LogP) is 17.3. The number of nitrogens with zero attached hydrogens (tertiary/aromatic N) is 2. The van der Waals surface area contributed by atoms with E-state index >= 15 is 0 Å². The zero-order valence-electron chi connectivity index (χ0n) is 43.5. The van der Waals surface area contributed by atoms with Crippen molar-refractivity contribution >= 4 is 29.2 Å². The van der Waals surface area contributed by atoms with Crippen LogP contribution in [0.1, 0.15) is 218 Å². The highest BCUT2D eigenvalue weighted by atomic mass is 19.1. The van der Waals surface area contributed by atoms with E-state index in [4.69, 9.17) is 4.99 Å². The molecule has 63 heavy (non-hydrogen) atoms. The Morgan fingerprint density at radius 1 is 0.889 bits per heavy atom. The summed E-state index contributed by atoms with van der Waals surface area (Å²) >= 11 is 0.